The van der Waals surface area contributed by atoms with Gasteiger partial charge in [0.05, 0.1) is 17.1 Å². The molecule has 0 atom stereocenters. The average molecular weight is 346 g/mol. The minimum Gasteiger partial charge on any atom is -0.492 e. The first-order valence-corrected chi connectivity index (χ1v) is 6.79. The zero-order chi connectivity index (χ0) is 16.9. The molecule has 5 nitrogen and oxygen atoms in total. The van der Waals surface area contributed by atoms with Crippen molar-refractivity contribution >= 4 is 17.5 Å². The third kappa shape index (κ3) is 4.82. The van der Waals surface area contributed by atoms with Gasteiger partial charge < -0.3 is 10.1 Å². The van der Waals surface area contributed by atoms with Crippen LogP contribution in [-0.2, 0) is 6.18 Å². The smallest absolute Gasteiger partial charge is 0.416 e. The monoisotopic (exact) mass is 345 g/mol. The van der Waals surface area contributed by atoms with Gasteiger partial charge in [-0.25, -0.2) is 9.97 Å². The van der Waals surface area contributed by atoms with E-state index in [0.717, 1.165) is 12.1 Å². The molecule has 0 aliphatic rings. The Morgan fingerprint density at radius 3 is 2.83 bits per heavy atom. The molecular formula is C14H11ClF3N3O2. The largest absolute Gasteiger partial charge is 0.492 e. The molecule has 122 valence electrons. The van der Waals surface area contributed by atoms with Crippen LogP contribution in [0.15, 0.2) is 36.8 Å². The number of halogens is 4. The molecule has 0 radical (unpaired) electrons. The zero-order valence-electron chi connectivity index (χ0n) is 11.6. The SMILES string of the molecule is O=C(NCCOc1cccc(C(F)(F)F)c1)c1ncncc1Cl. The van der Waals surface area contributed by atoms with Crippen LogP contribution in [0.25, 0.3) is 0 Å². The Morgan fingerprint density at radius 2 is 2.13 bits per heavy atom. The van der Waals surface area contributed by atoms with E-state index in [1.807, 2.05) is 0 Å². The van der Waals surface area contributed by atoms with Gasteiger partial charge in [-0.05, 0) is 18.2 Å². The Kier molecular flexibility index (Phi) is 5.38. The molecular weight excluding hydrogens is 335 g/mol. The van der Waals surface area contributed by atoms with Gasteiger partial charge in [0.1, 0.15) is 24.4 Å². The van der Waals surface area contributed by atoms with Crippen LogP contribution < -0.4 is 10.1 Å². The van der Waals surface area contributed by atoms with Gasteiger partial charge in [0, 0.05) is 6.20 Å². The molecule has 9 heteroatoms. The molecule has 0 fully saturated rings. The van der Waals surface area contributed by atoms with Crippen molar-refractivity contribution in [2.45, 2.75) is 6.18 Å². The van der Waals surface area contributed by atoms with Gasteiger partial charge >= 0.3 is 6.18 Å². The number of hydrogen-bond donors (Lipinski definition) is 1. The quantitative estimate of drug-likeness (QED) is 0.846. The Balaban J connectivity index is 1.84. The first kappa shape index (κ1) is 17.0. The minimum absolute atomic E-state index is 0.00421. The molecule has 0 aliphatic carbocycles. The van der Waals surface area contributed by atoms with E-state index < -0.39 is 17.6 Å². The number of rotatable bonds is 5. The van der Waals surface area contributed by atoms with Gasteiger partial charge in [-0.15, -0.1) is 0 Å². The number of ether oxygens (including phenoxy) is 1. The van der Waals surface area contributed by atoms with Crippen LogP contribution in [0.3, 0.4) is 0 Å². The Morgan fingerprint density at radius 1 is 1.35 bits per heavy atom. The maximum atomic E-state index is 12.6. The maximum absolute atomic E-state index is 12.6. The van der Waals surface area contributed by atoms with Crippen molar-refractivity contribution in [2.24, 2.45) is 0 Å². The Labute approximate surface area is 134 Å². The summed E-state index contributed by atoms with van der Waals surface area (Å²) in [5, 5.41) is 2.59. The highest BCUT2D eigenvalue weighted by Gasteiger charge is 2.30. The molecule has 0 aliphatic heterocycles. The second-order valence-electron chi connectivity index (χ2n) is 4.35. The lowest BCUT2D eigenvalue weighted by Gasteiger charge is -2.10. The lowest BCUT2D eigenvalue weighted by molar-refractivity contribution is -0.137. The molecule has 0 saturated carbocycles. The Bertz CT molecular complexity index is 695. The van der Waals surface area contributed by atoms with Crippen molar-refractivity contribution in [3.05, 3.63) is 53.1 Å². The van der Waals surface area contributed by atoms with Gasteiger partial charge in [0.25, 0.3) is 5.91 Å². The molecule has 0 bridgehead atoms. The summed E-state index contributed by atoms with van der Waals surface area (Å²) in [6, 6.07) is 4.49. The fourth-order valence-corrected chi connectivity index (χ4v) is 1.85. The van der Waals surface area contributed by atoms with E-state index in [0.29, 0.717) is 0 Å². The highest BCUT2D eigenvalue weighted by Crippen LogP contribution is 2.31. The molecule has 1 aromatic heterocycles. The van der Waals surface area contributed by atoms with Crippen LogP contribution in [0.4, 0.5) is 13.2 Å². The van der Waals surface area contributed by atoms with Crippen molar-refractivity contribution in [3.63, 3.8) is 0 Å². The highest BCUT2D eigenvalue weighted by atomic mass is 35.5. The molecule has 1 N–H and O–H groups in total. The lowest BCUT2D eigenvalue weighted by Crippen LogP contribution is -2.29. The van der Waals surface area contributed by atoms with E-state index in [2.05, 4.69) is 15.3 Å². The fraction of sp³-hybridized carbons (Fsp3) is 0.214. The van der Waals surface area contributed by atoms with Crippen LogP contribution >= 0.6 is 11.6 Å². The van der Waals surface area contributed by atoms with E-state index >= 15 is 0 Å². The number of amides is 1. The summed E-state index contributed by atoms with van der Waals surface area (Å²) in [5.74, 6) is -0.459. The first-order valence-electron chi connectivity index (χ1n) is 6.41. The minimum atomic E-state index is -4.43. The van der Waals surface area contributed by atoms with Crippen molar-refractivity contribution in [3.8, 4) is 5.75 Å². The van der Waals surface area contributed by atoms with Gasteiger partial charge in [-0.3, -0.25) is 4.79 Å². The average Bonchev–Trinajstić information content (AvgIpc) is 2.51. The number of alkyl halides is 3. The van der Waals surface area contributed by atoms with E-state index in [4.69, 9.17) is 16.3 Å². The summed E-state index contributed by atoms with van der Waals surface area (Å²) in [4.78, 5) is 19.2. The summed E-state index contributed by atoms with van der Waals surface area (Å²) in [6.07, 6.45) is -1.97. The van der Waals surface area contributed by atoms with Crippen molar-refractivity contribution in [1.82, 2.24) is 15.3 Å². The number of hydrogen-bond acceptors (Lipinski definition) is 4. The summed E-state index contributed by atoms with van der Waals surface area (Å²) in [6.45, 7) is 0.0746. The van der Waals surface area contributed by atoms with Crippen LogP contribution in [0.5, 0.6) is 5.75 Å². The third-order valence-electron chi connectivity index (χ3n) is 2.70. The summed E-state index contributed by atoms with van der Waals surface area (Å²) in [5.41, 5.74) is -0.785. The van der Waals surface area contributed by atoms with E-state index in [1.54, 1.807) is 0 Å². The summed E-state index contributed by atoms with van der Waals surface area (Å²) >= 11 is 5.76. The summed E-state index contributed by atoms with van der Waals surface area (Å²) < 4.78 is 42.8. The fourth-order valence-electron chi connectivity index (χ4n) is 1.66. The molecule has 0 spiro atoms. The number of carbonyl (C=O) groups excluding carboxylic acids is 1. The highest BCUT2D eigenvalue weighted by molar-refractivity contribution is 6.33. The van der Waals surface area contributed by atoms with E-state index in [-0.39, 0.29) is 29.6 Å². The second-order valence-corrected chi connectivity index (χ2v) is 4.76. The number of carbonyl (C=O) groups is 1. The molecule has 0 saturated heterocycles. The Hall–Kier alpha value is -2.35. The predicted molar refractivity (Wildman–Crippen MR) is 76.3 cm³/mol. The predicted octanol–water partition coefficient (Wildman–Crippen LogP) is 2.96. The van der Waals surface area contributed by atoms with Crippen LogP contribution in [0.1, 0.15) is 16.1 Å². The second kappa shape index (κ2) is 7.28. The van der Waals surface area contributed by atoms with E-state index in [1.165, 1.54) is 24.7 Å². The number of nitrogens with zero attached hydrogens (tertiary/aromatic N) is 2. The number of nitrogens with one attached hydrogen (secondary N) is 1. The topological polar surface area (TPSA) is 64.1 Å². The van der Waals surface area contributed by atoms with Crippen molar-refractivity contribution in [2.75, 3.05) is 13.2 Å². The van der Waals surface area contributed by atoms with Gasteiger partial charge in [0.2, 0.25) is 0 Å². The number of aromatic nitrogens is 2. The summed E-state index contributed by atoms with van der Waals surface area (Å²) in [7, 11) is 0. The van der Waals surface area contributed by atoms with Crippen molar-refractivity contribution in [1.29, 1.82) is 0 Å². The molecule has 1 aromatic carbocycles. The van der Waals surface area contributed by atoms with Crippen LogP contribution in [-0.4, -0.2) is 29.0 Å². The van der Waals surface area contributed by atoms with Crippen LogP contribution in [0, 0.1) is 0 Å². The normalized spacial score (nSPS) is 11.1. The van der Waals surface area contributed by atoms with Gasteiger partial charge in [0.15, 0.2) is 0 Å². The molecule has 2 rings (SSSR count). The lowest BCUT2D eigenvalue weighted by atomic mass is 10.2. The number of benzene rings is 1. The molecule has 2 aromatic rings. The van der Waals surface area contributed by atoms with Gasteiger partial charge in [-0.1, -0.05) is 17.7 Å². The molecule has 23 heavy (non-hydrogen) atoms. The zero-order valence-corrected chi connectivity index (χ0v) is 12.4. The van der Waals surface area contributed by atoms with Crippen LogP contribution in [0.2, 0.25) is 5.02 Å². The van der Waals surface area contributed by atoms with Crippen molar-refractivity contribution < 1.29 is 22.7 Å². The molecule has 1 amide bonds. The third-order valence-corrected chi connectivity index (χ3v) is 2.98. The first-order chi connectivity index (χ1) is 10.9. The molecule has 0 unspecified atom stereocenters. The molecule has 1 heterocycles. The maximum Gasteiger partial charge on any atom is 0.416 e. The standard InChI is InChI=1S/C14H11ClF3N3O2/c15-11-7-19-8-21-12(11)13(22)20-4-5-23-10-3-1-2-9(6-10)14(16,17)18/h1-3,6-8H,4-5H2,(H,20,22). The van der Waals surface area contributed by atoms with Gasteiger partial charge in [-0.2, -0.15) is 13.2 Å². The van der Waals surface area contributed by atoms with E-state index in [9.17, 15) is 18.0 Å².